The normalized spacial score (nSPS) is 20.3. The van der Waals surface area contributed by atoms with Gasteiger partial charge in [-0.15, -0.1) is 0 Å². The highest BCUT2D eigenvalue weighted by atomic mass is 19.4. The van der Waals surface area contributed by atoms with Gasteiger partial charge in [-0.3, -0.25) is 9.59 Å². The molecule has 2 amide bonds. The molecule has 1 aromatic carbocycles. The monoisotopic (exact) mass is 371 g/mol. The lowest BCUT2D eigenvalue weighted by molar-refractivity contribution is -0.137. The summed E-state index contributed by atoms with van der Waals surface area (Å²) in [6.45, 7) is 3.90. The van der Waals surface area contributed by atoms with Crippen molar-refractivity contribution in [3.63, 3.8) is 0 Å². The van der Waals surface area contributed by atoms with E-state index in [0.29, 0.717) is 13.1 Å². The minimum Gasteiger partial charge on any atom is -0.343 e. The SMILES string of the molecule is CCC1(CNC)CCN(C(=O)CNC(=O)c2cccc(C(F)(F)F)c2)C1. The molecule has 2 N–H and O–H groups in total. The first-order chi connectivity index (χ1) is 12.2. The minimum atomic E-state index is -4.52. The van der Waals surface area contributed by atoms with Gasteiger partial charge in [0.2, 0.25) is 5.91 Å². The lowest BCUT2D eigenvalue weighted by Crippen LogP contribution is -2.41. The molecule has 1 atom stereocenters. The molecule has 1 aromatic rings. The molecular formula is C18H24F3N3O2. The number of amides is 2. The standard InChI is InChI=1S/C18H24F3N3O2/c1-3-17(11-22-2)7-8-24(12-17)15(25)10-23-16(26)13-5-4-6-14(9-13)18(19,20)21/h4-6,9,22H,3,7-8,10-12H2,1-2H3,(H,23,26). The summed E-state index contributed by atoms with van der Waals surface area (Å²) in [4.78, 5) is 26.1. The molecule has 1 unspecified atom stereocenters. The molecule has 26 heavy (non-hydrogen) atoms. The minimum absolute atomic E-state index is 0.0372. The van der Waals surface area contributed by atoms with E-state index >= 15 is 0 Å². The summed E-state index contributed by atoms with van der Waals surface area (Å²) in [5, 5.41) is 5.57. The van der Waals surface area contributed by atoms with Gasteiger partial charge in [0.05, 0.1) is 12.1 Å². The van der Waals surface area contributed by atoms with Crippen molar-refractivity contribution in [2.75, 3.05) is 33.2 Å². The van der Waals surface area contributed by atoms with Crippen LogP contribution in [0.25, 0.3) is 0 Å². The summed E-state index contributed by atoms with van der Waals surface area (Å²) in [5.41, 5.74) is -0.974. The van der Waals surface area contributed by atoms with E-state index in [9.17, 15) is 22.8 Å². The fraction of sp³-hybridized carbons (Fsp3) is 0.556. The van der Waals surface area contributed by atoms with Crippen LogP contribution < -0.4 is 10.6 Å². The van der Waals surface area contributed by atoms with E-state index in [2.05, 4.69) is 17.6 Å². The predicted octanol–water partition coefficient (Wildman–Crippen LogP) is 2.28. The highest BCUT2D eigenvalue weighted by Gasteiger charge is 2.38. The van der Waals surface area contributed by atoms with Gasteiger partial charge in [0.1, 0.15) is 0 Å². The van der Waals surface area contributed by atoms with Crippen LogP contribution in [0.1, 0.15) is 35.7 Å². The van der Waals surface area contributed by atoms with Crippen molar-refractivity contribution in [3.8, 4) is 0 Å². The van der Waals surface area contributed by atoms with Crippen LogP contribution in [0.5, 0.6) is 0 Å². The van der Waals surface area contributed by atoms with Crippen molar-refractivity contribution in [1.29, 1.82) is 0 Å². The summed E-state index contributed by atoms with van der Waals surface area (Å²) in [5.74, 6) is -0.919. The molecule has 0 aromatic heterocycles. The summed E-state index contributed by atoms with van der Waals surface area (Å²) in [7, 11) is 1.87. The van der Waals surface area contributed by atoms with E-state index < -0.39 is 17.6 Å². The molecule has 0 aliphatic carbocycles. The summed E-state index contributed by atoms with van der Waals surface area (Å²) >= 11 is 0. The molecule has 0 spiro atoms. The molecule has 0 radical (unpaired) electrons. The van der Waals surface area contributed by atoms with E-state index in [4.69, 9.17) is 0 Å². The Morgan fingerprint density at radius 2 is 2.04 bits per heavy atom. The first kappa shape index (κ1) is 20.2. The van der Waals surface area contributed by atoms with E-state index in [1.807, 2.05) is 7.05 Å². The molecule has 0 bridgehead atoms. The number of halogens is 3. The predicted molar refractivity (Wildman–Crippen MR) is 91.6 cm³/mol. The van der Waals surface area contributed by atoms with Crippen molar-refractivity contribution >= 4 is 11.8 Å². The number of likely N-dealkylation sites (tertiary alicyclic amines) is 1. The zero-order valence-electron chi connectivity index (χ0n) is 14.9. The topological polar surface area (TPSA) is 61.4 Å². The van der Waals surface area contributed by atoms with Gasteiger partial charge in [-0.2, -0.15) is 13.2 Å². The molecule has 2 rings (SSSR count). The Balaban J connectivity index is 1.93. The number of carbonyl (C=O) groups is 2. The van der Waals surface area contributed by atoms with Gasteiger partial charge in [-0.1, -0.05) is 13.0 Å². The number of hydrogen-bond acceptors (Lipinski definition) is 3. The highest BCUT2D eigenvalue weighted by molar-refractivity contribution is 5.96. The number of nitrogens with zero attached hydrogens (tertiary/aromatic N) is 1. The Labute approximate surface area is 150 Å². The van der Waals surface area contributed by atoms with Crippen molar-refractivity contribution in [2.45, 2.75) is 25.9 Å². The fourth-order valence-corrected chi connectivity index (χ4v) is 3.29. The quantitative estimate of drug-likeness (QED) is 0.807. The number of alkyl halides is 3. The van der Waals surface area contributed by atoms with Crippen LogP contribution in [-0.2, 0) is 11.0 Å². The van der Waals surface area contributed by atoms with Gasteiger partial charge in [0, 0.05) is 30.6 Å². The number of nitrogens with one attached hydrogen (secondary N) is 2. The van der Waals surface area contributed by atoms with Crippen LogP contribution in [0, 0.1) is 5.41 Å². The molecule has 144 valence electrons. The third kappa shape index (κ3) is 4.75. The largest absolute Gasteiger partial charge is 0.416 e. The molecular weight excluding hydrogens is 347 g/mol. The molecule has 1 aliphatic heterocycles. The molecule has 8 heteroatoms. The van der Waals surface area contributed by atoms with E-state index in [-0.39, 0.29) is 23.4 Å². The van der Waals surface area contributed by atoms with Gasteiger partial charge >= 0.3 is 6.18 Å². The van der Waals surface area contributed by atoms with Gasteiger partial charge in [-0.25, -0.2) is 0 Å². The van der Waals surface area contributed by atoms with Crippen molar-refractivity contribution in [2.24, 2.45) is 5.41 Å². The number of hydrogen-bond donors (Lipinski definition) is 2. The summed E-state index contributed by atoms with van der Waals surface area (Å²) in [6, 6.07) is 4.15. The van der Waals surface area contributed by atoms with Crippen molar-refractivity contribution in [3.05, 3.63) is 35.4 Å². The van der Waals surface area contributed by atoms with Gasteiger partial charge in [-0.05, 0) is 38.1 Å². The molecule has 1 fully saturated rings. The lowest BCUT2D eigenvalue weighted by Gasteiger charge is -2.27. The van der Waals surface area contributed by atoms with Gasteiger partial charge in [0.25, 0.3) is 5.91 Å². The van der Waals surface area contributed by atoms with E-state index in [0.717, 1.165) is 31.5 Å². The Morgan fingerprint density at radius 3 is 2.65 bits per heavy atom. The van der Waals surface area contributed by atoms with Crippen LogP contribution in [0.3, 0.4) is 0 Å². The Bertz CT molecular complexity index is 663. The zero-order chi connectivity index (χ0) is 19.4. The first-order valence-electron chi connectivity index (χ1n) is 8.58. The van der Waals surface area contributed by atoms with E-state index in [1.54, 1.807) is 4.90 Å². The molecule has 0 saturated carbocycles. The molecule has 5 nitrogen and oxygen atoms in total. The van der Waals surface area contributed by atoms with Crippen LogP contribution in [-0.4, -0.2) is 49.9 Å². The average Bonchev–Trinajstić information content (AvgIpc) is 3.04. The van der Waals surface area contributed by atoms with Crippen LogP contribution >= 0.6 is 0 Å². The van der Waals surface area contributed by atoms with Crippen LogP contribution in [0.15, 0.2) is 24.3 Å². The van der Waals surface area contributed by atoms with Gasteiger partial charge < -0.3 is 15.5 Å². The van der Waals surface area contributed by atoms with Crippen molar-refractivity contribution < 1.29 is 22.8 Å². The second-order valence-corrected chi connectivity index (χ2v) is 6.71. The first-order valence-corrected chi connectivity index (χ1v) is 8.58. The highest BCUT2D eigenvalue weighted by Crippen LogP contribution is 2.33. The second kappa shape index (κ2) is 8.07. The number of carbonyl (C=O) groups excluding carboxylic acids is 2. The lowest BCUT2D eigenvalue weighted by atomic mass is 9.84. The maximum absolute atomic E-state index is 12.7. The van der Waals surface area contributed by atoms with Crippen LogP contribution in [0.2, 0.25) is 0 Å². The van der Waals surface area contributed by atoms with Crippen molar-refractivity contribution in [1.82, 2.24) is 15.5 Å². The molecule has 1 saturated heterocycles. The molecule has 1 aliphatic rings. The second-order valence-electron chi connectivity index (χ2n) is 6.71. The molecule has 1 heterocycles. The summed E-state index contributed by atoms with van der Waals surface area (Å²) < 4.78 is 38.2. The maximum Gasteiger partial charge on any atom is 0.416 e. The average molecular weight is 371 g/mol. The maximum atomic E-state index is 12.7. The Kier molecular flexibility index (Phi) is 6.28. The smallest absolute Gasteiger partial charge is 0.343 e. The summed E-state index contributed by atoms with van der Waals surface area (Å²) in [6.07, 6.45) is -2.69. The third-order valence-electron chi connectivity index (χ3n) is 4.95. The van der Waals surface area contributed by atoms with Crippen LogP contribution in [0.4, 0.5) is 13.2 Å². The Morgan fingerprint density at radius 1 is 1.31 bits per heavy atom. The zero-order valence-corrected chi connectivity index (χ0v) is 14.9. The fourth-order valence-electron chi connectivity index (χ4n) is 3.29. The third-order valence-corrected chi connectivity index (χ3v) is 4.95. The Hall–Kier alpha value is -2.09. The number of benzene rings is 1. The van der Waals surface area contributed by atoms with E-state index in [1.165, 1.54) is 12.1 Å². The number of rotatable bonds is 6. The van der Waals surface area contributed by atoms with Gasteiger partial charge in [0.15, 0.2) is 0 Å².